The molecule has 0 saturated heterocycles. The fourth-order valence-electron chi connectivity index (χ4n) is 0.693. The quantitative estimate of drug-likeness (QED) is 0.697. The van der Waals surface area contributed by atoms with Crippen LogP contribution < -0.4 is 3.61 Å². The zero-order chi connectivity index (χ0) is 8.48. The van der Waals surface area contributed by atoms with Gasteiger partial charge in [-0.15, -0.1) is 0 Å². The second kappa shape index (κ2) is 3.73. The van der Waals surface area contributed by atoms with Crippen molar-refractivity contribution in [2.45, 2.75) is 6.92 Å². The molecule has 0 heterocycles. The number of benzene rings is 1. The van der Waals surface area contributed by atoms with Crippen LogP contribution in [0.3, 0.4) is 0 Å². The Morgan fingerprint density at radius 1 is 1.00 bits per heavy atom. The predicted octanol–water partition coefficient (Wildman–Crippen LogP) is 2.86. The summed E-state index contributed by atoms with van der Waals surface area (Å²) in [6.45, 7) is 2.01. The topological polar surface area (TPSA) is 0 Å². The van der Waals surface area contributed by atoms with Gasteiger partial charge >= 0.3 is 82.1 Å². The molecule has 4 heteroatoms. The molecule has 0 aliphatic carbocycles. The minimum atomic E-state index is -3.13. The van der Waals surface area contributed by atoms with E-state index in [9.17, 15) is 0 Å². The third kappa shape index (κ3) is 3.01. The van der Waals surface area contributed by atoms with Crippen LogP contribution in [0.4, 0.5) is 0 Å². The molecule has 0 bridgehead atoms. The van der Waals surface area contributed by atoms with Crippen molar-refractivity contribution in [2.75, 3.05) is 0 Å². The van der Waals surface area contributed by atoms with Crippen LogP contribution in [0.5, 0.6) is 0 Å². The molecule has 62 valence electrons. The molecule has 1 rings (SSSR count). The first kappa shape index (κ1) is 9.96. The third-order valence-corrected chi connectivity index (χ3v) is 7.18. The van der Waals surface area contributed by atoms with Crippen LogP contribution in [0.15, 0.2) is 24.3 Å². The molecule has 0 unspecified atom stereocenters. The van der Waals surface area contributed by atoms with Crippen molar-refractivity contribution >= 4 is 45.3 Å². The first-order chi connectivity index (χ1) is 5.00. The van der Waals surface area contributed by atoms with Gasteiger partial charge in [-0.3, -0.25) is 0 Å². The van der Waals surface area contributed by atoms with Crippen molar-refractivity contribution in [3.63, 3.8) is 0 Å². The van der Waals surface area contributed by atoms with Gasteiger partial charge in [0.1, 0.15) is 0 Å². The standard InChI is InChI=1S/C7H7Cl3Te/c1-6-2-4-7(5-3-6)11(8,9)10/h2-5H,1H3. The van der Waals surface area contributed by atoms with Gasteiger partial charge in [-0.2, -0.15) is 0 Å². The van der Waals surface area contributed by atoms with E-state index in [-0.39, 0.29) is 0 Å². The Kier molecular flexibility index (Phi) is 3.38. The Morgan fingerprint density at radius 2 is 1.45 bits per heavy atom. The third-order valence-electron chi connectivity index (χ3n) is 1.29. The molecule has 0 saturated carbocycles. The Bertz CT molecular complexity index is 237. The van der Waals surface area contributed by atoms with E-state index in [2.05, 4.69) is 0 Å². The van der Waals surface area contributed by atoms with Gasteiger partial charge in [0.25, 0.3) is 0 Å². The number of hydrogen-bond acceptors (Lipinski definition) is 0. The van der Waals surface area contributed by atoms with Crippen LogP contribution in [0, 0.1) is 6.92 Å². The minimum absolute atomic E-state index is 0.892. The average Bonchev–Trinajstić information content (AvgIpc) is 1.86. The van der Waals surface area contributed by atoms with Crippen molar-refractivity contribution in [1.29, 1.82) is 0 Å². The van der Waals surface area contributed by atoms with Gasteiger partial charge in [0.15, 0.2) is 0 Å². The van der Waals surface area contributed by atoms with E-state index < -0.39 is 14.8 Å². The molecule has 1 aromatic rings. The normalized spacial score (nSPS) is 13.1. The summed E-state index contributed by atoms with van der Waals surface area (Å²) in [4.78, 5) is 0. The number of aryl methyl sites for hydroxylation is 1. The summed E-state index contributed by atoms with van der Waals surface area (Å²) in [5, 5.41) is 0. The van der Waals surface area contributed by atoms with Crippen molar-refractivity contribution in [3.8, 4) is 0 Å². The van der Waals surface area contributed by atoms with Gasteiger partial charge in [-0.05, 0) is 0 Å². The van der Waals surface area contributed by atoms with E-state index in [1.807, 2.05) is 31.2 Å². The van der Waals surface area contributed by atoms with Crippen LogP contribution in [-0.2, 0) is 0 Å². The van der Waals surface area contributed by atoms with Gasteiger partial charge in [0.2, 0.25) is 0 Å². The van der Waals surface area contributed by atoms with Crippen molar-refractivity contribution in [1.82, 2.24) is 0 Å². The van der Waals surface area contributed by atoms with Gasteiger partial charge < -0.3 is 0 Å². The molecule has 11 heavy (non-hydrogen) atoms. The molecule has 1 aromatic carbocycles. The van der Waals surface area contributed by atoms with E-state index in [4.69, 9.17) is 26.9 Å². The van der Waals surface area contributed by atoms with E-state index in [0.29, 0.717) is 0 Å². The molecule has 0 atom stereocenters. The van der Waals surface area contributed by atoms with Crippen LogP contribution in [-0.4, -0.2) is 14.8 Å². The van der Waals surface area contributed by atoms with Gasteiger partial charge in [-0.1, -0.05) is 0 Å². The van der Waals surface area contributed by atoms with Gasteiger partial charge in [0.05, 0.1) is 0 Å². The molecule has 0 amide bonds. The van der Waals surface area contributed by atoms with Gasteiger partial charge in [-0.25, -0.2) is 0 Å². The summed E-state index contributed by atoms with van der Waals surface area (Å²) in [5.41, 5.74) is 1.19. The first-order valence-electron chi connectivity index (χ1n) is 2.99. The number of rotatable bonds is 1. The first-order valence-corrected chi connectivity index (χ1v) is 13.0. The van der Waals surface area contributed by atoms with E-state index in [0.717, 1.165) is 3.61 Å². The average molecular weight is 325 g/mol. The molecule has 0 aromatic heterocycles. The zero-order valence-corrected chi connectivity index (χ0v) is 10.4. The van der Waals surface area contributed by atoms with E-state index in [1.165, 1.54) is 5.56 Å². The van der Waals surface area contributed by atoms with Crippen LogP contribution >= 0.6 is 26.9 Å². The predicted molar refractivity (Wildman–Crippen MR) is 54.1 cm³/mol. The monoisotopic (exact) mass is 326 g/mol. The Hall–Kier alpha value is 0.880. The molecule has 0 N–H and O–H groups in total. The maximum absolute atomic E-state index is 5.83. The summed E-state index contributed by atoms with van der Waals surface area (Å²) in [6.07, 6.45) is 0. The SMILES string of the molecule is Cc1ccc([Te](Cl)(Cl)Cl)cc1. The summed E-state index contributed by atoms with van der Waals surface area (Å²) in [6, 6.07) is 7.71. The maximum atomic E-state index is 5.83. The van der Waals surface area contributed by atoms with Crippen molar-refractivity contribution < 1.29 is 0 Å². The Balaban J connectivity index is 2.99. The Labute approximate surface area is 81.5 Å². The zero-order valence-electron chi connectivity index (χ0n) is 5.85. The molecule has 0 fully saturated rings. The second-order valence-electron chi connectivity index (χ2n) is 2.22. The van der Waals surface area contributed by atoms with Crippen LogP contribution in [0.25, 0.3) is 0 Å². The molecule has 0 aliphatic heterocycles. The number of halogens is 3. The molecular formula is C7H7Cl3Te. The summed E-state index contributed by atoms with van der Waals surface area (Å²) >= 11 is -3.13. The van der Waals surface area contributed by atoms with Gasteiger partial charge in [0, 0.05) is 0 Å². The number of hydrogen-bond donors (Lipinski definition) is 0. The Morgan fingerprint density at radius 3 is 1.82 bits per heavy atom. The fraction of sp³-hybridized carbons (Fsp3) is 0.143. The molecular weight excluding hydrogens is 318 g/mol. The van der Waals surface area contributed by atoms with Crippen molar-refractivity contribution in [2.24, 2.45) is 0 Å². The van der Waals surface area contributed by atoms with E-state index in [1.54, 1.807) is 0 Å². The molecule has 0 spiro atoms. The second-order valence-corrected chi connectivity index (χ2v) is 18.4. The molecule has 0 aliphatic rings. The molecule has 0 radical (unpaired) electrons. The molecule has 0 nitrogen and oxygen atoms in total. The fourth-order valence-corrected chi connectivity index (χ4v) is 4.03. The summed E-state index contributed by atoms with van der Waals surface area (Å²) in [5.74, 6) is 0. The van der Waals surface area contributed by atoms with Crippen molar-refractivity contribution in [3.05, 3.63) is 29.8 Å². The van der Waals surface area contributed by atoms with E-state index >= 15 is 0 Å². The van der Waals surface area contributed by atoms with Crippen LogP contribution in [0.1, 0.15) is 5.56 Å². The summed E-state index contributed by atoms with van der Waals surface area (Å²) < 4.78 is 0.892. The summed E-state index contributed by atoms with van der Waals surface area (Å²) in [7, 11) is 17.5. The van der Waals surface area contributed by atoms with Crippen LogP contribution in [0.2, 0.25) is 0 Å².